The van der Waals surface area contributed by atoms with Gasteiger partial charge in [0.25, 0.3) is 0 Å². The zero-order valence-corrected chi connectivity index (χ0v) is 16.5. The molecule has 0 radical (unpaired) electrons. The highest BCUT2D eigenvalue weighted by molar-refractivity contribution is 7.11. The Bertz CT molecular complexity index is 853. The molecule has 0 saturated carbocycles. The van der Waals surface area contributed by atoms with Crippen molar-refractivity contribution in [3.63, 3.8) is 0 Å². The Hall–Kier alpha value is -2.25. The molecule has 2 aromatic rings. The first-order valence-corrected chi connectivity index (χ1v) is 10.0. The van der Waals surface area contributed by atoms with E-state index in [2.05, 4.69) is 28.9 Å². The van der Waals surface area contributed by atoms with Crippen molar-refractivity contribution in [1.29, 1.82) is 0 Å². The van der Waals surface area contributed by atoms with Gasteiger partial charge in [0.05, 0.1) is 24.0 Å². The van der Waals surface area contributed by atoms with E-state index in [1.54, 1.807) is 29.1 Å². The Morgan fingerprint density at radius 2 is 2.15 bits per heavy atom. The van der Waals surface area contributed by atoms with E-state index < -0.39 is 0 Å². The maximum atomic E-state index is 12.7. The fourth-order valence-electron chi connectivity index (χ4n) is 4.27. The molecule has 0 aliphatic carbocycles. The molecule has 6 nitrogen and oxygen atoms in total. The molecule has 1 atom stereocenters. The third kappa shape index (κ3) is 3.49. The van der Waals surface area contributed by atoms with E-state index >= 15 is 0 Å². The third-order valence-electron chi connectivity index (χ3n) is 5.54. The van der Waals surface area contributed by atoms with Gasteiger partial charge in [0, 0.05) is 42.5 Å². The van der Waals surface area contributed by atoms with Crippen molar-refractivity contribution in [2.45, 2.75) is 32.4 Å². The lowest BCUT2D eigenvalue weighted by Gasteiger charge is -2.48. The molecule has 2 aromatic heterocycles. The Labute approximate surface area is 163 Å². The second-order valence-electron chi connectivity index (χ2n) is 7.49. The molecule has 2 saturated heterocycles. The molecule has 0 aromatic carbocycles. The summed E-state index contributed by atoms with van der Waals surface area (Å²) in [6.07, 6.45) is 4.30. The fraction of sp³-hybridized carbons (Fsp3) is 0.450. The second-order valence-corrected chi connectivity index (χ2v) is 8.87. The van der Waals surface area contributed by atoms with Crippen molar-refractivity contribution in [3.8, 4) is 0 Å². The van der Waals surface area contributed by atoms with Crippen molar-refractivity contribution in [2.24, 2.45) is 0 Å². The summed E-state index contributed by atoms with van der Waals surface area (Å²) >= 11 is 1.82. The van der Waals surface area contributed by atoms with E-state index in [1.807, 2.05) is 23.5 Å². The molecule has 0 N–H and O–H groups in total. The molecule has 27 heavy (non-hydrogen) atoms. The van der Waals surface area contributed by atoms with E-state index in [0.29, 0.717) is 6.54 Å². The first-order chi connectivity index (χ1) is 13.0. The number of carbonyl (C=O) groups is 2. The normalized spacial score (nSPS) is 23.4. The van der Waals surface area contributed by atoms with Gasteiger partial charge in [-0.2, -0.15) is 0 Å². The van der Waals surface area contributed by atoms with Crippen LogP contribution in [-0.4, -0.2) is 58.3 Å². The zero-order chi connectivity index (χ0) is 19.0. The monoisotopic (exact) mass is 384 g/mol. The maximum Gasteiger partial charge on any atom is 0.246 e. The Kier molecular flexibility index (Phi) is 4.74. The van der Waals surface area contributed by atoms with Gasteiger partial charge in [-0.15, -0.1) is 11.3 Å². The Balaban J connectivity index is 1.58. The van der Waals surface area contributed by atoms with Crippen molar-refractivity contribution in [2.75, 3.05) is 31.1 Å². The number of pyridine rings is 1. The smallest absolute Gasteiger partial charge is 0.246 e. The van der Waals surface area contributed by atoms with Gasteiger partial charge in [-0.05, 0) is 37.6 Å². The van der Waals surface area contributed by atoms with Crippen molar-refractivity contribution >= 4 is 28.8 Å². The van der Waals surface area contributed by atoms with Crippen LogP contribution in [0, 0.1) is 6.92 Å². The van der Waals surface area contributed by atoms with Crippen molar-refractivity contribution in [3.05, 3.63) is 46.4 Å². The average molecular weight is 385 g/mol. The molecule has 7 heteroatoms. The van der Waals surface area contributed by atoms with Crippen LogP contribution in [0.3, 0.4) is 0 Å². The van der Waals surface area contributed by atoms with E-state index in [0.717, 1.165) is 31.7 Å². The number of nitrogens with zero attached hydrogens (tertiary/aromatic N) is 4. The molecule has 4 rings (SSSR count). The Morgan fingerprint density at radius 3 is 2.81 bits per heavy atom. The highest BCUT2D eigenvalue weighted by atomic mass is 32.1. The molecular weight excluding hydrogens is 360 g/mol. The van der Waals surface area contributed by atoms with Crippen LogP contribution < -0.4 is 4.90 Å². The molecular formula is C20H24N4O2S. The fourth-order valence-corrected chi connectivity index (χ4v) is 5.20. The summed E-state index contributed by atoms with van der Waals surface area (Å²) < 4.78 is 0. The summed E-state index contributed by atoms with van der Waals surface area (Å²) in [6.45, 7) is 6.96. The lowest BCUT2D eigenvalue weighted by molar-refractivity contribution is -0.142. The molecule has 2 aliphatic rings. The first-order valence-electron chi connectivity index (χ1n) is 9.23. The van der Waals surface area contributed by atoms with Gasteiger partial charge in [0.2, 0.25) is 11.8 Å². The van der Waals surface area contributed by atoms with Gasteiger partial charge in [-0.3, -0.25) is 19.5 Å². The van der Waals surface area contributed by atoms with Gasteiger partial charge in [0.1, 0.15) is 6.54 Å². The molecule has 2 fully saturated rings. The standard InChI is InChI=1S/C20H24N4O2S/c1-15-5-6-18(27-15)11-22-9-7-20(13-22)14-23(17-4-3-8-21-10-17)19(26)12-24(20)16(2)25/h3-6,8,10H,7,9,11-14H2,1-2H3. The molecule has 2 aliphatic heterocycles. The number of aryl methyl sites for hydroxylation is 1. The predicted molar refractivity (Wildman–Crippen MR) is 106 cm³/mol. The lowest BCUT2D eigenvalue weighted by atomic mass is 9.92. The number of thiophene rings is 1. The summed E-state index contributed by atoms with van der Waals surface area (Å²) in [5.41, 5.74) is 0.472. The number of hydrogen-bond acceptors (Lipinski definition) is 5. The quantitative estimate of drug-likeness (QED) is 0.815. The molecule has 0 bridgehead atoms. The summed E-state index contributed by atoms with van der Waals surface area (Å²) in [7, 11) is 0. The maximum absolute atomic E-state index is 12.7. The van der Waals surface area contributed by atoms with E-state index in [-0.39, 0.29) is 23.9 Å². The number of piperazine rings is 1. The van der Waals surface area contributed by atoms with Gasteiger partial charge in [-0.1, -0.05) is 0 Å². The number of anilines is 1. The molecule has 4 heterocycles. The number of amides is 2. The highest BCUT2D eigenvalue weighted by Crippen LogP contribution is 2.35. The highest BCUT2D eigenvalue weighted by Gasteiger charge is 2.50. The summed E-state index contributed by atoms with van der Waals surface area (Å²) in [4.78, 5) is 37.9. The van der Waals surface area contributed by atoms with Crippen LogP contribution in [0.1, 0.15) is 23.1 Å². The number of carbonyl (C=O) groups excluding carboxylic acids is 2. The van der Waals surface area contributed by atoms with Crippen LogP contribution >= 0.6 is 11.3 Å². The van der Waals surface area contributed by atoms with Gasteiger partial charge >= 0.3 is 0 Å². The number of aromatic nitrogens is 1. The Morgan fingerprint density at radius 1 is 1.30 bits per heavy atom. The molecule has 2 amide bonds. The number of hydrogen-bond donors (Lipinski definition) is 0. The van der Waals surface area contributed by atoms with Crippen LogP contribution in [-0.2, 0) is 16.1 Å². The van der Waals surface area contributed by atoms with Crippen LogP contribution in [0.25, 0.3) is 0 Å². The molecule has 1 unspecified atom stereocenters. The van der Waals surface area contributed by atoms with Crippen molar-refractivity contribution in [1.82, 2.24) is 14.8 Å². The summed E-state index contributed by atoms with van der Waals surface area (Å²) in [6, 6.07) is 8.08. The minimum atomic E-state index is -0.331. The van der Waals surface area contributed by atoms with Crippen LogP contribution in [0.15, 0.2) is 36.7 Å². The van der Waals surface area contributed by atoms with Crippen LogP contribution in [0.2, 0.25) is 0 Å². The minimum absolute atomic E-state index is 0.0250. The minimum Gasteiger partial charge on any atom is -0.325 e. The molecule has 142 valence electrons. The van der Waals surface area contributed by atoms with Crippen LogP contribution in [0.5, 0.6) is 0 Å². The lowest BCUT2D eigenvalue weighted by Crippen LogP contribution is -2.66. The van der Waals surface area contributed by atoms with Crippen molar-refractivity contribution < 1.29 is 9.59 Å². The van der Waals surface area contributed by atoms with Gasteiger partial charge in [-0.25, -0.2) is 0 Å². The molecule has 1 spiro atoms. The first kappa shape index (κ1) is 18.1. The number of rotatable bonds is 3. The zero-order valence-electron chi connectivity index (χ0n) is 15.7. The third-order valence-corrected chi connectivity index (χ3v) is 6.53. The van der Waals surface area contributed by atoms with E-state index in [9.17, 15) is 9.59 Å². The topological polar surface area (TPSA) is 56.8 Å². The predicted octanol–water partition coefficient (Wildman–Crippen LogP) is 2.29. The van der Waals surface area contributed by atoms with Gasteiger partial charge < -0.3 is 9.80 Å². The number of likely N-dealkylation sites (tertiary alicyclic amines) is 1. The van der Waals surface area contributed by atoms with Gasteiger partial charge in [0.15, 0.2) is 0 Å². The SMILES string of the molecule is CC(=O)N1CC(=O)N(c2cccnc2)CC12CCN(Cc1ccc(C)s1)C2. The summed E-state index contributed by atoms with van der Waals surface area (Å²) in [5.74, 6) is -0.0702. The van der Waals surface area contributed by atoms with E-state index in [4.69, 9.17) is 0 Å². The largest absolute Gasteiger partial charge is 0.325 e. The van der Waals surface area contributed by atoms with Crippen LogP contribution in [0.4, 0.5) is 5.69 Å². The second kappa shape index (κ2) is 7.05. The summed E-state index contributed by atoms with van der Waals surface area (Å²) in [5, 5.41) is 0. The average Bonchev–Trinajstić information content (AvgIpc) is 3.24. The van der Waals surface area contributed by atoms with E-state index in [1.165, 1.54) is 9.75 Å².